The Hall–Kier alpha value is -1.09. The second kappa shape index (κ2) is 4.06. The largest absolute Gasteiger partial charge is 0.282 e. The number of rotatable bonds is 1. The first-order valence-corrected chi connectivity index (χ1v) is 6.20. The lowest BCUT2D eigenvalue weighted by Gasteiger charge is -2.17. The summed E-state index contributed by atoms with van der Waals surface area (Å²) in [5.41, 5.74) is 1.79. The first kappa shape index (κ1) is 11.4. The summed E-state index contributed by atoms with van der Waals surface area (Å²) in [4.78, 5) is 16.2. The molecule has 2 heterocycles. The summed E-state index contributed by atoms with van der Waals surface area (Å²) in [7, 11) is 0. The van der Waals surface area contributed by atoms with E-state index in [0.717, 1.165) is 11.3 Å². The molecule has 0 saturated carbocycles. The molecular weight excluding hydrogens is 218 g/mol. The molecule has 2 rings (SSSR count). The normalized spacial score (nSPS) is 21.1. The van der Waals surface area contributed by atoms with Crippen molar-refractivity contribution in [1.29, 1.82) is 0 Å². The zero-order chi connectivity index (χ0) is 11.8. The maximum absolute atomic E-state index is 11.9. The lowest BCUT2D eigenvalue weighted by atomic mass is 9.86. The van der Waals surface area contributed by atoms with Gasteiger partial charge in [-0.15, -0.1) is 0 Å². The van der Waals surface area contributed by atoms with Crippen molar-refractivity contribution in [3.63, 3.8) is 0 Å². The third-order valence-corrected chi connectivity index (χ3v) is 3.62. The van der Waals surface area contributed by atoms with Crippen LogP contribution >= 0.6 is 11.8 Å². The van der Waals surface area contributed by atoms with Gasteiger partial charge in [-0.1, -0.05) is 44.7 Å². The van der Waals surface area contributed by atoms with Crippen LogP contribution in [0.3, 0.4) is 0 Å². The third kappa shape index (κ3) is 2.19. The third-order valence-electron chi connectivity index (χ3n) is 2.56. The van der Waals surface area contributed by atoms with Gasteiger partial charge in [-0.05, 0) is 17.5 Å². The van der Waals surface area contributed by atoms with Crippen LogP contribution in [-0.2, 0) is 4.79 Å². The first-order chi connectivity index (χ1) is 7.48. The zero-order valence-corrected chi connectivity index (χ0v) is 10.5. The lowest BCUT2D eigenvalue weighted by Crippen LogP contribution is -2.12. The Balaban J connectivity index is 2.30. The fourth-order valence-corrected chi connectivity index (χ4v) is 2.87. The van der Waals surface area contributed by atoms with Crippen molar-refractivity contribution in [3.8, 4) is 0 Å². The van der Waals surface area contributed by atoms with E-state index < -0.39 is 0 Å². The number of aromatic nitrogens is 1. The smallest absolute Gasteiger partial charge is 0.216 e. The van der Waals surface area contributed by atoms with Crippen LogP contribution in [0.2, 0.25) is 0 Å². The molecule has 1 aliphatic rings. The van der Waals surface area contributed by atoms with Crippen LogP contribution in [0, 0.1) is 5.41 Å². The van der Waals surface area contributed by atoms with Gasteiger partial charge in [-0.3, -0.25) is 9.78 Å². The molecule has 0 fully saturated rings. The average molecular weight is 233 g/mol. The summed E-state index contributed by atoms with van der Waals surface area (Å²) in [6.07, 6.45) is 3.82. The highest BCUT2D eigenvalue weighted by Gasteiger charge is 2.33. The van der Waals surface area contributed by atoms with Gasteiger partial charge in [0, 0.05) is 11.8 Å². The van der Waals surface area contributed by atoms with Crippen molar-refractivity contribution in [2.75, 3.05) is 0 Å². The van der Waals surface area contributed by atoms with Crippen molar-refractivity contribution in [1.82, 2.24) is 4.98 Å². The van der Waals surface area contributed by atoms with Crippen LogP contribution in [0.5, 0.6) is 0 Å². The summed E-state index contributed by atoms with van der Waals surface area (Å²) >= 11 is 1.36. The molecule has 0 amide bonds. The van der Waals surface area contributed by atoms with E-state index in [1.165, 1.54) is 11.8 Å². The van der Waals surface area contributed by atoms with Crippen molar-refractivity contribution in [2.45, 2.75) is 26.0 Å². The Morgan fingerprint density at radius 1 is 1.31 bits per heavy atom. The van der Waals surface area contributed by atoms with Crippen LogP contribution in [0.1, 0.15) is 31.7 Å². The Morgan fingerprint density at radius 3 is 2.56 bits per heavy atom. The van der Waals surface area contributed by atoms with Gasteiger partial charge in [0.05, 0.1) is 10.9 Å². The number of pyridine rings is 1. The van der Waals surface area contributed by atoms with E-state index in [4.69, 9.17) is 0 Å². The second-order valence-electron chi connectivity index (χ2n) is 4.91. The van der Waals surface area contributed by atoms with E-state index in [1.54, 1.807) is 6.20 Å². The summed E-state index contributed by atoms with van der Waals surface area (Å²) in [6, 6.07) is 5.81. The molecule has 3 heteroatoms. The fourth-order valence-electron chi connectivity index (χ4n) is 1.68. The molecular formula is C13H15NOS. The van der Waals surface area contributed by atoms with E-state index in [1.807, 2.05) is 18.2 Å². The van der Waals surface area contributed by atoms with Crippen molar-refractivity contribution < 1.29 is 4.79 Å². The zero-order valence-electron chi connectivity index (χ0n) is 9.73. The summed E-state index contributed by atoms with van der Waals surface area (Å²) in [5.74, 6) is 0. The maximum atomic E-state index is 11.9. The van der Waals surface area contributed by atoms with E-state index >= 15 is 0 Å². The molecule has 1 aromatic heterocycles. The van der Waals surface area contributed by atoms with Gasteiger partial charge >= 0.3 is 0 Å². The first-order valence-electron chi connectivity index (χ1n) is 5.33. The van der Waals surface area contributed by atoms with Gasteiger partial charge in [-0.2, -0.15) is 0 Å². The van der Waals surface area contributed by atoms with Crippen LogP contribution in [-0.4, -0.2) is 10.1 Å². The lowest BCUT2D eigenvalue weighted by molar-refractivity contribution is -0.108. The Kier molecular flexibility index (Phi) is 2.89. The Morgan fingerprint density at radius 2 is 2.06 bits per heavy atom. The van der Waals surface area contributed by atoms with Crippen LogP contribution in [0.4, 0.5) is 0 Å². The highest BCUT2D eigenvalue weighted by atomic mass is 32.2. The quantitative estimate of drug-likeness (QED) is 0.745. The van der Waals surface area contributed by atoms with Crippen LogP contribution in [0.25, 0.3) is 0 Å². The van der Waals surface area contributed by atoms with E-state index in [2.05, 4.69) is 31.8 Å². The molecule has 0 radical (unpaired) electrons. The van der Waals surface area contributed by atoms with Gasteiger partial charge in [0.15, 0.2) is 0 Å². The molecule has 1 unspecified atom stereocenters. The molecule has 0 N–H and O–H groups in total. The number of hydrogen-bond acceptors (Lipinski definition) is 3. The van der Waals surface area contributed by atoms with Crippen LogP contribution < -0.4 is 0 Å². The van der Waals surface area contributed by atoms with Gasteiger partial charge in [0.25, 0.3) is 0 Å². The molecule has 0 spiro atoms. The monoisotopic (exact) mass is 233 g/mol. The van der Waals surface area contributed by atoms with Gasteiger partial charge in [-0.25, -0.2) is 0 Å². The predicted molar refractivity (Wildman–Crippen MR) is 67.1 cm³/mol. The SMILES string of the molecule is CC(C)(C)C1=CC(c2ccccn2)SC1=O. The molecule has 0 aromatic carbocycles. The molecule has 1 atom stereocenters. The molecule has 84 valence electrons. The fraction of sp³-hybridized carbons (Fsp3) is 0.385. The number of carbonyl (C=O) groups excluding carboxylic acids is 1. The van der Waals surface area contributed by atoms with Gasteiger partial charge in [0.2, 0.25) is 5.12 Å². The van der Waals surface area contributed by atoms with Gasteiger partial charge in [0.1, 0.15) is 0 Å². The predicted octanol–water partition coefficient (Wildman–Crippen LogP) is 3.37. The molecule has 1 aromatic rings. The number of carbonyl (C=O) groups is 1. The highest BCUT2D eigenvalue weighted by Crippen LogP contribution is 2.44. The van der Waals surface area contributed by atoms with E-state index in [9.17, 15) is 4.79 Å². The number of thioether (sulfide) groups is 1. The minimum absolute atomic E-state index is 0.0758. The molecule has 0 bridgehead atoms. The standard InChI is InChI=1S/C13H15NOS/c1-13(2,3)9-8-11(16-12(9)15)10-6-4-5-7-14-10/h4-8,11H,1-3H3. The average Bonchev–Trinajstić information content (AvgIpc) is 2.61. The molecule has 16 heavy (non-hydrogen) atoms. The van der Waals surface area contributed by atoms with E-state index in [0.29, 0.717) is 0 Å². The van der Waals surface area contributed by atoms with Crippen molar-refractivity contribution >= 4 is 16.9 Å². The molecule has 2 nitrogen and oxygen atoms in total. The molecule has 1 aliphatic heterocycles. The molecule has 0 aliphatic carbocycles. The summed E-state index contributed by atoms with van der Waals surface area (Å²) in [6.45, 7) is 6.20. The summed E-state index contributed by atoms with van der Waals surface area (Å²) in [5, 5.41) is 0.270. The van der Waals surface area contributed by atoms with Gasteiger partial charge < -0.3 is 0 Å². The molecule has 0 saturated heterocycles. The minimum atomic E-state index is -0.0758. The Labute approximate surface area is 100 Å². The van der Waals surface area contributed by atoms with E-state index in [-0.39, 0.29) is 15.8 Å². The highest BCUT2D eigenvalue weighted by molar-refractivity contribution is 8.14. The summed E-state index contributed by atoms with van der Waals surface area (Å²) < 4.78 is 0. The number of hydrogen-bond donors (Lipinski definition) is 0. The maximum Gasteiger partial charge on any atom is 0.216 e. The van der Waals surface area contributed by atoms with Crippen LogP contribution in [0.15, 0.2) is 36.0 Å². The van der Waals surface area contributed by atoms with Crippen molar-refractivity contribution in [3.05, 3.63) is 41.7 Å². The number of nitrogens with zero attached hydrogens (tertiary/aromatic N) is 1. The van der Waals surface area contributed by atoms with Crippen molar-refractivity contribution in [2.24, 2.45) is 5.41 Å². The topological polar surface area (TPSA) is 30.0 Å². The Bertz CT molecular complexity index is 431. The second-order valence-corrected chi connectivity index (χ2v) is 6.03. The minimum Gasteiger partial charge on any atom is -0.282 e.